The second kappa shape index (κ2) is 16.7. The van der Waals surface area contributed by atoms with Crippen LogP contribution in [0, 0.1) is 0 Å². The van der Waals surface area contributed by atoms with E-state index in [4.69, 9.17) is 4.74 Å². The zero-order chi connectivity index (χ0) is 23.8. The van der Waals surface area contributed by atoms with E-state index in [0.717, 1.165) is 32.0 Å². The highest BCUT2D eigenvalue weighted by atomic mass is 32.2. The van der Waals surface area contributed by atoms with Crippen LogP contribution < -0.4 is 10.6 Å². The van der Waals surface area contributed by atoms with Gasteiger partial charge < -0.3 is 15.4 Å². The number of pyridine rings is 1. The topological polar surface area (TPSA) is 46.2 Å². The van der Waals surface area contributed by atoms with Crippen LogP contribution in [0.5, 0.6) is 0 Å². The molecule has 0 saturated heterocycles. The van der Waals surface area contributed by atoms with E-state index >= 15 is 0 Å². The highest BCUT2D eigenvalue weighted by Crippen LogP contribution is 2.32. The Labute approximate surface area is 201 Å². The predicted octanol–water partition coefficient (Wildman–Crippen LogP) is 7.88. The number of anilines is 1. The molecule has 0 radical (unpaired) electrons. The van der Waals surface area contributed by atoms with Crippen molar-refractivity contribution in [2.45, 2.75) is 58.9 Å². The molecule has 0 spiro atoms. The maximum Gasteiger partial charge on any atom is 0.128 e. The average molecular weight is 466 g/mol. The summed E-state index contributed by atoms with van der Waals surface area (Å²) in [6.07, 6.45) is 8.37. The number of nitrogens with one attached hydrogen (secondary N) is 2. The molecule has 1 aromatic carbocycles. The van der Waals surface area contributed by atoms with Gasteiger partial charge in [-0.05, 0) is 47.8 Å². The largest absolute Gasteiger partial charge is 0.365 e. The maximum atomic E-state index is 11.7. The van der Waals surface area contributed by atoms with Gasteiger partial charge in [0.15, 0.2) is 0 Å². The monoisotopic (exact) mass is 465 g/mol. The molecule has 0 atom stereocenters. The summed E-state index contributed by atoms with van der Waals surface area (Å²) >= 11 is 1.59. The Hall–Kier alpha value is -1.89. The molecule has 1 aliphatic carbocycles. The summed E-state index contributed by atoms with van der Waals surface area (Å²) in [7, 11) is 1.64. The molecule has 3 rings (SSSR count). The number of hydrogen-bond acceptors (Lipinski definition) is 5. The first-order valence-corrected chi connectivity index (χ1v) is 12.3. The van der Waals surface area contributed by atoms with Crippen molar-refractivity contribution < 1.29 is 12.0 Å². The lowest BCUT2D eigenvalue weighted by atomic mass is 9.96. The van der Waals surface area contributed by atoms with Crippen molar-refractivity contribution >= 4 is 33.3 Å². The zero-order valence-electron chi connectivity index (χ0n) is 20.2. The third-order valence-electron chi connectivity index (χ3n) is 4.87. The molecule has 0 amide bonds. The second-order valence-electron chi connectivity index (χ2n) is 7.45. The number of alkyl halides is 1. The minimum Gasteiger partial charge on any atom is -0.365 e. The Balaban J connectivity index is 0. The van der Waals surface area contributed by atoms with Crippen LogP contribution in [0.2, 0.25) is 0 Å². The number of hydrogen-bond donors (Lipinski definition) is 2. The van der Waals surface area contributed by atoms with Crippen LogP contribution in [0.4, 0.5) is 10.2 Å². The zero-order valence-corrected chi connectivity index (χ0v) is 21.0. The Morgan fingerprint density at radius 1 is 1.19 bits per heavy atom. The predicted molar refractivity (Wildman–Crippen MR) is 145 cm³/mol. The number of thioether (sulfide) groups is 1. The van der Waals surface area contributed by atoms with Crippen molar-refractivity contribution in [3.8, 4) is 0 Å². The van der Waals surface area contributed by atoms with E-state index in [-0.39, 0.29) is 9.53 Å². The molecule has 1 saturated carbocycles. The smallest absolute Gasteiger partial charge is 0.128 e. The van der Waals surface area contributed by atoms with Crippen molar-refractivity contribution in [1.29, 1.82) is 0 Å². The van der Waals surface area contributed by atoms with Crippen LogP contribution in [0.3, 0.4) is 0 Å². The molecule has 0 aliphatic heterocycles. The fourth-order valence-electron chi connectivity index (χ4n) is 3.39. The van der Waals surface area contributed by atoms with Gasteiger partial charge in [0.1, 0.15) is 19.2 Å². The van der Waals surface area contributed by atoms with Crippen molar-refractivity contribution in [3.63, 3.8) is 0 Å². The molecule has 1 fully saturated rings. The third-order valence-corrected chi connectivity index (χ3v) is 5.70. The highest BCUT2D eigenvalue weighted by Gasteiger charge is 2.11. The number of ether oxygens (including phenoxy) is 1. The summed E-state index contributed by atoms with van der Waals surface area (Å²) in [6, 6.07) is 8.86. The van der Waals surface area contributed by atoms with E-state index in [0.29, 0.717) is 19.3 Å². The van der Waals surface area contributed by atoms with Gasteiger partial charge in [-0.25, -0.2) is 9.37 Å². The molecule has 1 aliphatic rings. The fraction of sp³-hybridized carbons (Fsp3) is 0.500. The molecular weight excluding hydrogens is 421 g/mol. The number of aromatic nitrogens is 1. The molecule has 2 N–H and O–H groups in total. The van der Waals surface area contributed by atoms with E-state index in [2.05, 4.69) is 47.0 Å². The first kappa shape index (κ1) is 28.1. The highest BCUT2D eigenvalue weighted by molar-refractivity contribution is 8.11. The molecule has 6 heteroatoms. The number of halogens is 1. The van der Waals surface area contributed by atoms with Crippen molar-refractivity contribution in [3.05, 3.63) is 54.1 Å². The normalized spacial score (nSPS) is 13.4. The summed E-state index contributed by atoms with van der Waals surface area (Å²) in [5.41, 5.74) is 1.11. The van der Waals surface area contributed by atoms with Gasteiger partial charge in [0.2, 0.25) is 0 Å². The van der Waals surface area contributed by atoms with Crippen LogP contribution in [-0.4, -0.2) is 38.1 Å². The molecule has 1 aromatic heterocycles. The van der Waals surface area contributed by atoms with Crippen molar-refractivity contribution in [2.75, 3.05) is 32.4 Å². The van der Waals surface area contributed by atoms with Crippen LogP contribution >= 0.6 is 11.8 Å². The lowest BCUT2D eigenvalue weighted by Gasteiger charge is -2.21. The summed E-state index contributed by atoms with van der Waals surface area (Å²) < 4.78 is 16.7. The lowest BCUT2D eigenvalue weighted by molar-refractivity contribution is 0.221. The number of rotatable bonds is 9. The standard InChI is InChI=1S/C16H18N2OS.C8H16FN.C2H6.2H2/c1-11(2)20-12(3)13-5-6-14-9-17-16(18-10-19-4)8-15(14)7-13;9-6-7-10-8-4-2-1-3-5-8;1-2;;/h5-9H,1,3,10H2,2,4H3,(H,17,18);8,10H,1-7H2;1-2H3;2*1H. The Kier molecular flexibility index (Phi) is 14.7. The van der Waals surface area contributed by atoms with Gasteiger partial charge in [0, 0.05) is 39.0 Å². The van der Waals surface area contributed by atoms with Crippen LogP contribution in [0.1, 0.15) is 61.3 Å². The van der Waals surface area contributed by atoms with Gasteiger partial charge >= 0.3 is 0 Å². The average Bonchev–Trinajstić information content (AvgIpc) is 2.82. The van der Waals surface area contributed by atoms with Gasteiger partial charge in [0.05, 0.1) is 0 Å². The van der Waals surface area contributed by atoms with Crippen molar-refractivity contribution in [2.24, 2.45) is 0 Å². The van der Waals surface area contributed by atoms with E-state index in [1.165, 1.54) is 32.1 Å². The SMILES string of the molecule is C=C(C)SC(=C)c1ccc2cnc(NCOC)cc2c1.CC.FCCNC1CCCCC1.[HH].[HH]. The summed E-state index contributed by atoms with van der Waals surface area (Å²) in [5.74, 6) is 0.801. The summed E-state index contributed by atoms with van der Waals surface area (Å²) in [6.45, 7) is 14.7. The molecule has 2 aromatic rings. The van der Waals surface area contributed by atoms with E-state index in [9.17, 15) is 4.39 Å². The quantitative estimate of drug-likeness (QED) is 0.369. The molecule has 0 bridgehead atoms. The third kappa shape index (κ3) is 10.6. The summed E-state index contributed by atoms with van der Waals surface area (Å²) in [4.78, 5) is 6.37. The molecule has 4 nitrogen and oxygen atoms in total. The molecule has 0 unspecified atom stereocenters. The van der Waals surface area contributed by atoms with Gasteiger partial charge in [-0.1, -0.05) is 70.2 Å². The molecule has 1 heterocycles. The van der Waals surface area contributed by atoms with E-state index in [1.807, 2.05) is 33.0 Å². The van der Waals surface area contributed by atoms with Crippen LogP contribution in [0.25, 0.3) is 15.7 Å². The summed E-state index contributed by atoms with van der Waals surface area (Å²) in [5, 5.41) is 8.51. The fourth-order valence-corrected chi connectivity index (χ4v) is 4.06. The number of nitrogens with zero attached hydrogens (tertiary/aromatic N) is 1. The first-order valence-electron chi connectivity index (χ1n) is 11.5. The number of benzene rings is 1. The lowest BCUT2D eigenvalue weighted by Crippen LogP contribution is -2.32. The molecule has 32 heavy (non-hydrogen) atoms. The molecule has 182 valence electrons. The maximum absolute atomic E-state index is 11.7. The number of methoxy groups -OCH3 is 1. The Bertz CT molecular complexity index is 833. The van der Waals surface area contributed by atoms with E-state index < -0.39 is 0 Å². The van der Waals surface area contributed by atoms with Crippen LogP contribution in [0.15, 0.2) is 48.5 Å². The number of allylic oxidation sites excluding steroid dienone is 1. The van der Waals surface area contributed by atoms with Gasteiger partial charge in [0.25, 0.3) is 0 Å². The van der Waals surface area contributed by atoms with Gasteiger partial charge in [-0.2, -0.15) is 0 Å². The minimum atomic E-state index is -0.226. The first-order chi connectivity index (χ1) is 15.5. The minimum absolute atomic E-state index is 0. The van der Waals surface area contributed by atoms with E-state index in [1.54, 1.807) is 18.9 Å². The van der Waals surface area contributed by atoms with Gasteiger partial charge in [-0.15, -0.1) is 0 Å². The number of fused-ring (bicyclic) bond motifs is 1. The van der Waals surface area contributed by atoms with Crippen LogP contribution in [-0.2, 0) is 4.74 Å². The van der Waals surface area contributed by atoms with Crippen molar-refractivity contribution in [1.82, 2.24) is 10.3 Å². The Morgan fingerprint density at radius 3 is 2.53 bits per heavy atom. The molecular formula is C26H44FN3OS. The second-order valence-corrected chi connectivity index (χ2v) is 8.84. The van der Waals surface area contributed by atoms with Gasteiger partial charge in [-0.3, -0.25) is 0 Å². The Morgan fingerprint density at radius 2 is 1.91 bits per heavy atom.